The van der Waals surface area contributed by atoms with Crippen molar-refractivity contribution >= 4 is 0 Å². The number of aliphatic hydroxyl groups is 1. The molecule has 1 aliphatic rings. The van der Waals surface area contributed by atoms with Gasteiger partial charge in [0.2, 0.25) is 0 Å². The van der Waals surface area contributed by atoms with E-state index in [1.54, 1.807) is 11.1 Å². The van der Waals surface area contributed by atoms with Crippen LogP contribution in [-0.2, 0) is 4.74 Å². The van der Waals surface area contributed by atoms with Crippen LogP contribution in [0.15, 0.2) is 12.5 Å². The molecule has 0 aromatic carbocycles. The van der Waals surface area contributed by atoms with Crippen molar-refractivity contribution in [3.05, 3.63) is 12.5 Å². The average Bonchev–Trinajstić information content (AvgIpc) is 2.37. The zero-order valence-corrected chi connectivity index (χ0v) is 5.03. The van der Waals surface area contributed by atoms with Crippen LogP contribution in [-0.4, -0.2) is 29.5 Å². The number of nitrogens with zero attached hydrogens (tertiary/aromatic N) is 1. The third-order valence-electron chi connectivity index (χ3n) is 1.17. The van der Waals surface area contributed by atoms with E-state index in [4.69, 9.17) is 15.6 Å². The molecule has 4 heteroatoms. The minimum absolute atomic E-state index is 0.230. The molecule has 0 amide bonds. The van der Waals surface area contributed by atoms with Gasteiger partial charge in [0, 0.05) is 12.7 Å². The number of rotatable bonds is 2. The maximum Gasteiger partial charge on any atom is 0.162 e. The smallest absolute Gasteiger partial charge is 0.162 e. The molecule has 1 heterocycles. The molecule has 0 radical (unpaired) electrons. The van der Waals surface area contributed by atoms with Gasteiger partial charge in [-0.05, 0) is 0 Å². The first-order valence-corrected chi connectivity index (χ1v) is 2.77. The molecule has 1 rings (SSSR count). The van der Waals surface area contributed by atoms with Crippen molar-refractivity contribution < 1.29 is 9.84 Å². The lowest BCUT2D eigenvalue weighted by Gasteiger charge is -2.18. The van der Waals surface area contributed by atoms with Gasteiger partial charge in [-0.25, -0.2) is 0 Å². The number of ether oxygens (including phenoxy) is 1. The van der Waals surface area contributed by atoms with E-state index < -0.39 is 6.23 Å². The lowest BCUT2D eigenvalue weighted by Crippen LogP contribution is -2.35. The third-order valence-corrected chi connectivity index (χ3v) is 1.17. The third kappa shape index (κ3) is 1.34. The molecule has 0 spiro atoms. The zero-order chi connectivity index (χ0) is 6.69. The molecule has 0 aromatic heterocycles. The minimum atomic E-state index is -0.608. The van der Waals surface area contributed by atoms with E-state index in [1.165, 1.54) is 6.26 Å². The largest absolute Gasteiger partial charge is 0.479 e. The van der Waals surface area contributed by atoms with E-state index in [1.807, 2.05) is 0 Å². The van der Waals surface area contributed by atoms with E-state index >= 15 is 0 Å². The Kier molecular flexibility index (Phi) is 1.92. The highest BCUT2D eigenvalue weighted by Gasteiger charge is 2.12. The Bertz CT molecular complexity index is 116. The van der Waals surface area contributed by atoms with Crippen LogP contribution < -0.4 is 5.73 Å². The minimum Gasteiger partial charge on any atom is -0.479 e. The van der Waals surface area contributed by atoms with Gasteiger partial charge in [0.05, 0.1) is 0 Å². The first-order chi connectivity index (χ1) is 4.34. The molecule has 1 aliphatic heterocycles. The second kappa shape index (κ2) is 2.70. The molecule has 0 fully saturated rings. The first-order valence-electron chi connectivity index (χ1n) is 2.77. The molecule has 0 aromatic rings. The summed E-state index contributed by atoms with van der Waals surface area (Å²) >= 11 is 0. The molecule has 0 saturated carbocycles. The van der Waals surface area contributed by atoms with E-state index in [9.17, 15) is 0 Å². The Morgan fingerprint density at radius 1 is 1.89 bits per heavy atom. The quantitative estimate of drug-likeness (QED) is 0.504. The van der Waals surface area contributed by atoms with Gasteiger partial charge in [-0.2, -0.15) is 0 Å². The first kappa shape index (κ1) is 6.38. The van der Waals surface area contributed by atoms with E-state index in [2.05, 4.69) is 0 Å². The van der Waals surface area contributed by atoms with Crippen LogP contribution in [0.4, 0.5) is 0 Å². The van der Waals surface area contributed by atoms with Crippen molar-refractivity contribution in [3.8, 4) is 0 Å². The summed E-state index contributed by atoms with van der Waals surface area (Å²) in [5, 5.41) is 9.03. The van der Waals surface area contributed by atoms with Gasteiger partial charge >= 0.3 is 0 Å². The molecule has 3 N–H and O–H groups in total. The number of hydrogen-bond donors (Lipinski definition) is 2. The molecular weight excluding hydrogens is 120 g/mol. The highest BCUT2D eigenvalue weighted by atomic mass is 16.5. The van der Waals surface area contributed by atoms with Crippen molar-refractivity contribution in [3.63, 3.8) is 0 Å². The molecule has 9 heavy (non-hydrogen) atoms. The lowest BCUT2D eigenvalue weighted by atomic mass is 10.5. The fourth-order valence-electron chi connectivity index (χ4n) is 0.614. The Morgan fingerprint density at radius 2 is 2.67 bits per heavy atom. The molecule has 52 valence electrons. The normalized spacial score (nSPS) is 20.0. The highest BCUT2D eigenvalue weighted by molar-refractivity contribution is 4.81. The van der Waals surface area contributed by atoms with Crippen molar-refractivity contribution in [1.29, 1.82) is 0 Å². The van der Waals surface area contributed by atoms with Gasteiger partial charge in [-0.15, -0.1) is 0 Å². The van der Waals surface area contributed by atoms with E-state index in [0.717, 1.165) is 0 Å². The van der Waals surface area contributed by atoms with Crippen molar-refractivity contribution in [2.75, 3.05) is 13.3 Å². The Hall–Kier alpha value is -0.740. The fourth-order valence-corrected chi connectivity index (χ4v) is 0.614. The van der Waals surface area contributed by atoms with Crippen LogP contribution in [0.1, 0.15) is 0 Å². The summed E-state index contributed by atoms with van der Waals surface area (Å²) in [5.41, 5.74) is 5.17. The van der Waals surface area contributed by atoms with Gasteiger partial charge in [0.1, 0.15) is 12.5 Å². The predicted octanol–water partition coefficient (Wildman–Crippen LogP) is -0.976. The van der Waals surface area contributed by atoms with Gasteiger partial charge in [-0.1, -0.05) is 0 Å². The maximum atomic E-state index is 9.03. The van der Waals surface area contributed by atoms with Gasteiger partial charge in [0.25, 0.3) is 0 Å². The molecule has 0 aliphatic carbocycles. The van der Waals surface area contributed by atoms with Crippen LogP contribution in [0.3, 0.4) is 0 Å². The van der Waals surface area contributed by atoms with Crippen molar-refractivity contribution in [2.45, 2.75) is 6.23 Å². The van der Waals surface area contributed by atoms with Gasteiger partial charge < -0.3 is 20.5 Å². The summed E-state index contributed by atoms with van der Waals surface area (Å²) in [6.45, 7) is 0.631. The summed E-state index contributed by atoms with van der Waals surface area (Å²) in [5.74, 6) is 0. The van der Waals surface area contributed by atoms with Crippen molar-refractivity contribution in [2.24, 2.45) is 5.73 Å². The summed E-state index contributed by atoms with van der Waals surface area (Å²) < 4.78 is 4.81. The van der Waals surface area contributed by atoms with E-state index in [-0.39, 0.29) is 6.54 Å². The van der Waals surface area contributed by atoms with Crippen LogP contribution in [0, 0.1) is 0 Å². The van der Waals surface area contributed by atoms with Crippen LogP contribution in [0.5, 0.6) is 0 Å². The van der Waals surface area contributed by atoms with Gasteiger partial charge in [0.15, 0.2) is 6.73 Å². The van der Waals surface area contributed by atoms with Gasteiger partial charge in [-0.3, -0.25) is 0 Å². The lowest BCUT2D eigenvalue weighted by molar-refractivity contribution is 0.0102. The van der Waals surface area contributed by atoms with Crippen LogP contribution in [0.2, 0.25) is 0 Å². The van der Waals surface area contributed by atoms with E-state index in [0.29, 0.717) is 6.73 Å². The topological polar surface area (TPSA) is 58.7 Å². The molecule has 1 unspecified atom stereocenters. The summed E-state index contributed by atoms with van der Waals surface area (Å²) in [4.78, 5) is 1.61. The fraction of sp³-hybridized carbons (Fsp3) is 0.600. The van der Waals surface area contributed by atoms with Crippen LogP contribution >= 0.6 is 0 Å². The molecule has 0 saturated heterocycles. The zero-order valence-electron chi connectivity index (χ0n) is 5.03. The summed E-state index contributed by atoms with van der Waals surface area (Å²) in [6, 6.07) is 0. The second-order valence-corrected chi connectivity index (χ2v) is 1.81. The maximum absolute atomic E-state index is 9.03. The highest BCUT2D eigenvalue weighted by Crippen LogP contribution is 2.02. The summed E-state index contributed by atoms with van der Waals surface area (Å²) in [7, 11) is 0. The molecular formula is C5H10N2O2. The number of aliphatic hydroxyl groups excluding tert-OH is 1. The number of hydrogen-bond acceptors (Lipinski definition) is 4. The SMILES string of the molecule is NCC(O)N1C=COC1. The van der Waals surface area contributed by atoms with Crippen LogP contribution in [0.25, 0.3) is 0 Å². The second-order valence-electron chi connectivity index (χ2n) is 1.81. The monoisotopic (exact) mass is 130 g/mol. The molecule has 0 bridgehead atoms. The standard InChI is InChI=1S/C5H10N2O2/c6-3-5(8)7-1-2-9-4-7/h1-2,5,8H,3-4,6H2. The molecule has 4 nitrogen and oxygen atoms in total. The Labute approximate surface area is 53.5 Å². The predicted molar refractivity (Wildman–Crippen MR) is 32.0 cm³/mol. The number of nitrogens with two attached hydrogens (primary N) is 1. The molecule has 1 atom stereocenters. The Balaban J connectivity index is 2.33. The summed E-state index contributed by atoms with van der Waals surface area (Å²) in [6.07, 6.45) is 2.58. The van der Waals surface area contributed by atoms with Crippen molar-refractivity contribution in [1.82, 2.24) is 4.90 Å². The Morgan fingerprint density at radius 3 is 3.11 bits per heavy atom. The average molecular weight is 130 g/mol.